The molecule has 1 N–H and O–H groups in total. The van der Waals surface area contributed by atoms with Crippen molar-refractivity contribution in [3.8, 4) is 11.5 Å². The molecule has 3 heterocycles. The van der Waals surface area contributed by atoms with Gasteiger partial charge >= 0.3 is 0 Å². The van der Waals surface area contributed by atoms with Crippen LogP contribution >= 0.6 is 0 Å². The number of pyridine rings is 1. The number of benzene rings is 1. The third-order valence-electron chi connectivity index (χ3n) is 5.08. The molecular formula is C20H23N3O3. The van der Waals surface area contributed by atoms with E-state index in [-0.39, 0.29) is 17.9 Å². The van der Waals surface area contributed by atoms with Gasteiger partial charge in [-0.3, -0.25) is 9.78 Å². The third-order valence-corrected chi connectivity index (χ3v) is 5.08. The summed E-state index contributed by atoms with van der Waals surface area (Å²) in [7, 11) is 1.88. The lowest BCUT2D eigenvalue weighted by molar-refractivity contribution is -0.127. The maximum Gasteiger partial charge on any atom is 0.223 e. The van der Waals surface area contributed by atoms with Crippen molar-refractivity contribution < 1.29 is 14.3 Å². The first-order valence-electron chi connectivity index (χ1n) is 8.97. The van der Waals surface area contributed by atoms with Gasteiger partial charge in [0.25, 0.3) is 0 Å². The molecule has 1 saturated heterocycles. The molecule has 6 heteroatoms. The zero-order chi connectivity index (χ0) is 17.9. The minimum Gasteiger partial charge on any atom is -0.486 e. The molecule has 136 valence electrons. The normalized spacial score (nSPS) is 21.9. The highest BCUT2D eigenvalue weighted by Crippen LogP contribution is 2.36. The Kier molecular flexibility index (Phi) is 4.75. The lowest BCUT2D eigenvalue weighted by Crippen LogP contribution is -2.29. The fraction of sp³-hybridized carbons (Fsp3) is 0.400. The van der Waals surface area contributed by atoms with Crippen molar-refractivity contribution in [2.75, 3.05) is 26.8 Å². The number of hydrogen-bond acceptors (Lipinski definition) is 5. The number of ether oxygens (including phenoxy) is 2. The second-order valence-electron chi connectivity index (χ2n) is 6.80. The molecule has 2 aliphatic rings. The summed E-state index contributed by atoms with van der Waals surface area (Å²) in [4.78, 5) is 18.1. The number of nitrogens with zero attached hydrogens (tertiary/aromatic N) is 2. The van der Waals surface area contributed by atoms with Gasteiger partial charge in [0, 0.05) is 44.9 Å². The Morgan fingerprint density at radius 3 is 2.73 bits per heavy atom. The number of aromatic nitrogens is 1. The minimum absolute atomic E-state index is 0.0956. The highest BCUT2D eigenvalue weighted by atomic mass is 16.6. The summed E-state index contributed by atoms with van der Waals surface area (Å²) in [6.45, 7) is 2.70. The molecule has 2 aromatic rings. The molecule has 0 bridgehead atoms. The number of amides is 1. The van der Waals surface area contributed by atoms with Crippen molar-refractivity contribution in [3.05, 3.63) is 53.9 Å². The van der Waals surface area contributed by atoms with Gasteiger partial charge in [0.2, 0.25) is 5.91 Å². The third kappa shape index (κ3) is 3.37. The number of carbonyl (C=O) groups excluding carboxylic acids is 1. The molecule has 26 heavy (non-hydrogen) atoms. The number of hydrogen-bond donors (Lipinski definition) is 1. The lowest BCUT2D eigenvalue weighted by Gasteiger charge is -2.25. The van der Waals surface area contributed by atoms with Crippen LogP contribution in [0.3, 0.4) is 0 Å². The first-order valence-corrected chi connectivity index (χ1v) is 8.97. The first kappa shape index (κ1) is 16.8. The molecule has 4 rings (SSSR count). The Balaban J connectivity index is 1.40. The predicted molar refractivity (Wildman–Crippen MR) is 97.0 cm³/mol. The van der Waals surface area contributed by atoms with E-state index < -0.39 is 0 Å². The molecule has 1 amide bonds. The lowest BCUT2D eigenvalue weighted by atomic mass is 9.94. The predicted octanol–water partition coefficient (Wildman–Crippen LogP) is 2.16. The van der Waals surface area contributed by atoms with Crippen LogP contribution in [0, 0.1) is 5.92 Å². The standard InChI is InChI=1S/C20H23N3O3/c1-23-19(24)11-16(20(23)15-4-6-21-7-5-15)13-22-12-14-2-3-17-18(10-14)26-9-8-25-17/h2-7,10,16,20,22H,8-9,11-13H2,1H3/t16-,20-/m0/s1. The molecule has 0 radical (unpaired) electrons. The van der Waals surface area contributed by atoms with Crippen LogP contribution in [0.4, 0.5) is 0 Å². The van der Waals surface area contributed by atoms with Crippen molar-refractivity contribution in [1.29, 1.82) is 0 Å². The van der Waals surface area contributed by atoms with Crippen molar-refractivity contribution in [3.63, 3.8) is 0 Å². The van der Waals surface area contributed by atoms with Gasteiger partial charge < -0.3 is 19.7 Å². The Hall–Kier alpha value is -2.60. The molecule has 2 atom stereocenters. The number of carbonyl (C=O) groups is 1. The molecule has 0 spiro atoms. The van der Waals surface area contributed by atoms with Crippen LogP contribution in [0.2, 0.25) is 0 Å². The molecule has 1 aromatic heterocycles. The van der Waals surface area contributed by atoms with Crippen LogP contribution in [0.5, 0.6) is 11.5 Å². The fourth-order valence-electron chi connectivity index (χ4n) is 3.79. The SMILES string of the molecule is CN1C(=O)C[C@@H](CNCc2ccc3c(c2)OCCO3)[C@@H]1c1ccncc1. The van der Waals surface area contributed by atoms with E-state index >= 15 is 0 Å². The topological polar surface area (TPSA) is 63.7 Å². The Bertz CT molecular complexity index is 781. The van der Waals surface area contributed by atoms with E-state index in [9.17, 15) is 4.79 Å². The van der Waals surface area contributed by atoms with E-state index in [1.165, 1.54) is 0 Å². The average molecular weight is 353 g/mol. The number of nitrogens with one attached hydrogen (secondary N) is 1. The first-order chi connectivity index (χ1) is 12.7. The monoisotopic (exact) mass is 353 g/mol. The quantitative estimate of drug-likeness (QED) is 0.892. The Morgan fingerprint density at radius 1 is 1.15 bits per heavy atom. The van der Waals surface area contributed by atoms with Gasteiger partial charge in [0.05, 0.1) is 6.04 Å². The van der Waals surface area contributed by atoms with Crippen molar-refractivity contribution in [1.82, 2.24) is 15.2 Å². The molecule has 1 aromatic carbocycles. The molecular weight excluding hydrogens is 330 g/mol. The zero-order valence-electron chi connectivity index (χ0n) is 14.9. The number of fused-ring (bicyclic) bond motifs is 1. The summed E-state index contributed by atoms with van der Waals surface area (Å²) in [5.74, 6) is 2.05. The zero-order valence-corrected chi connectivity index (χ0v) is 14.9. The van der Waals surface area contributed by atoms with Gasteiger partial charge in [0.1, 0.15) is 13.2 Å². The van der Waals surface area contributed by atoms with Gasteiger partial charge in [-0.2, -0.15) is 0 Å². The van der Waals surface area contributed by atoms with Gasteiger partial charge in [-0.25, -0.2) is 0 Å². The largest absolute Gasteiger partial charge is 0.486 e. The van der Waals surface area contributed by atoms with E-state index in [0.29, 0.717) is 19.6 Å². The summed E-state index contributed by atoms with van der Waals surface area (Å²) < 4.78 is 11.2. The van der Waals surface area contributed by atoms with Crippen LogP contribution in [-0.2, 0) is 11.3 Å². The van der Waals surface area contributed by atoms with Crippen molar-refractivity contribution in [2.45, 2.75) is 19.0 Å². The molecule has 2 aliphatic heterocycles. The summed E-state index contributed by atoms with van der Waals surface area (Å²) >= 11 is 0. The van der Waals surface area contributed by atoms with Crippen LogP contribution in [0.1, 0.15) is 23.6 Å². The molecule has 0 saturated carbocycles. The van der Waals surface area contributed by atoms with Crippen LogP contribution in [0.25, 0.3) is 0 Å². The van der Waals surface area contributed by atoms with Gasteiger partial charge in [-0.05, 0) is 35.4 Å². The highest BCUT2D eigenvalue weighted by Gasteiger charge is 2.37. The van der Waals surface area contributed by atoms with E-state index in [0.717, 1.165) is 35.7 Å². The van der Waals surface area contributed by atoms with E-state index in [1.54, 1.807) is 12.4 Å². The minimum atomic E-state index is 0.0956. The number of rotatable bonds is 5. The van der Waals surface area contributed by atoms with Crippen LogP contribution in [-0.4, -0.2) is 42.6 Å². The van der Waals surface area contributed by atoms with E-state index in [1.807, 2.05) is 42.3 Å². The van der Waals surface area contributed by atoms with Crippen molar-refractivity contribution in [2.24, 2.45) is 5.92 Å². The second kappa shape index (κ2) is 7.33. The summed E-state index contributed by atoms with van der Waals surface area (Å²) in [5.41, 5.74) is 2.28. The maximum atomic E-state index is 12.2. The van der Waals surface area contributed by atoms with Crippen LogP contribution in [0.15, 0.2) is 42.7 Å². The van der Waals surface area contributed by atoms with Crippen molar-refractivity contribution >= 4 is 5.91 Å². The van der Waals surface area contributed by atoms with E-state index in [4.69, 9.17) is 9.47 Å². The summed E-state index contributed by atoms with van der Waals surface area (Å²) in [5, 5.41) is 3.50. The maximum absolute atomic E-state index is 12.2. The Labute approximate surface area is 153 Å². The number of likely N-dealkylation sites (tertiary alicyclic amines) is 1. The second-order valence-corrected chi connectivity index (χ2v) is 6.80. The Morgan fingerprint density at radius 2 is 1.92 bits per heavy atom. The van der Waals surface area contributed by atoms with Gasteiger partial charge in [0.15, 0.2) is 11.5 Å². The van der Waals surface area contributed by atoms with Crippen LogP contribution < -0.4 is 14.8 Å². The summed E-state index contributed by atoms with van der Waals surface area (Å²) in [6, 6.07) is 10.1. The van der Waals surface area contributed by atoms with E-state index in [2.05, 4.69) is 10.3 Å². The van der Waals surface area contributed by atoms with Gasteiger partial charge in [-0.15, -0.1) is 0 Å². The molecule has 1 fully saturated rings. The molecule has 0 unspecified atom stereocenters. The molecule has 0 aliphatic carbocycles. The fourth-order valence-corrected chi connectivity index (χ4v) is 3.79. The molecule has 6 nitrogen and oxygen atoms in total. The smallest absolute Gasteiger partial charge is 0.223 e. The average Bonchev–Trinajstić information content (AvgIpc) is 2.96. The highest BCUT2D eigenvalue weighted by molar-refractivity contribution is 5.79. The summed E-state index contributed by atoms with van der Waals surface area (Å²) in [6.07, 6.45) is 4.13. The van der Waals surface area contributed by atoms with Gasteiger partial charge in [-0.1, -0.05) is 6.07 Å².